The van der Waals surface area contributed by atoms with Gasteiger partial charge in [0.25, 0.3) is 0 Å². The van der Waals surface area contributed by atoms with E-state index in [9.17, 15) is 9.59 Å². The number of anilines is 2. The van der Waals surface area contributed by atoms with Gasteiger partial charge < -0.3 is 19.5 Å². The number of hydrogen-bond donors (Lipinski definition) is 1. The number of carbonyl (C=O) groups excluding carboxylic acids is 2. The van der Waals surface area contributed by atoms with Crippen molar-refractivity contribution in [3.8, 4) is 17.1 Å². The van der Waals surface area contributed by atoms with E-state index in [4.69, 9.17) is 9.26 Å². The van der Waals surface area contributed by atoms with Gasteiger partial charge in [-0.25, -0.2) is 0 Å². The summed E-state index contributed by atoms with van der Waals surface area (Å²) in [7, 11) is 0. The predicted molar refractivity (Wildman–Crippen MR) is 107 cm³/mol. The van der Waals surface area contributed by atoms with Crippen LogP contribution in [0.2, 0.25) is 0 Å². The first-order valence-corrected chi connectivity index (χ1v) is 9.39. The molecule has 0 fully saturated rings. The lowest BCUT2D eigenvalue weighted by molar-refractivity contribution is -0.121. The SMILES string of the molecule is CCOc1ccc(-c2noc(CCC(=O)N3CC(=O)Nc4ccccc43)n2)cc1. The van der Waals surface area contributed by atoms with Gasteiger partial charge in [0.2, 0.25) is 23.5 Å². The number of hydrogen-bond acceptors (Lipinski definition) is 6. The average molecular weight is 392 g/mol. The second kappa shape index (κ2) is 8.14. The van der Waals surface area contributed by atoms with Crippen LogP contribution in [0.4, 0.5) is 11.4 Å². The maximum Gasteiger partial charge on any atom is 0.244 e. The van der Waals surface area contributed by atoms with Crippen molar-refractivity contribution in [2.45, 2.75) is 19.8 Å². The molecule has 0 radical (unpaired) electrons. The van der Waals surface area contributed by atoms with Gasteiger partial charge in [-0.3, -0.25) is 9.59 Å². The standard InChI is InChI=1S/C21H20N4O4/c1-2-28-15-9-7-14(8-10-15)21-23-19(29-24-21)11-12-20(27)25-13-18(26)22-16-5-3-4-6-17(16)25/h3-10H,2,11-13H2,1H3,(H,22,26). The highest BCUT2D eigenvalue weighted by atomic mass is 16.5. The molecule has 0 spiro atoms. The second-order valence-corrected chi connectivity index (χ2v) is 6.51. The molecule has 2 aromatic carbocycles. The van der Waals surface area contributed by atoms with Gasteiger partial charge in [0.05, 0.1) is 18.0 Å². The summed E-state index contributed by atoms with van der Waals surface area (Å²) in [4.78, 5) is 30.4. The lowest BCUT2D eigenvalue weighted by atomic mass is 10.1. The molecule has 0 saturated carbocycles. The number of carbonyl (C=O) groups is 2. The quantitative estimate of drug-likeness (QED) is 0.692. The maximum absolute atomic E-state index is 12.7. The first kappa shape index (κ1) is 18.7. The number of rotatable bonds is 6. The third-order valence-electron chi connectivity index (χ3n) is 4.52. The molecule has 3 aromatic rings. The number of para-hydroxylation sites is 2. The molecular formula is C21H20N4O4. The number of nitrogens with one attached hydrogen (secondary N) is 1. The highest BCUT2D eigenvalue weighted by molar-refractivity contribution is 6.09. The van der Waals surface area contributed by atoms with Crippen LogP contribution in [0.25, 0.3) is 11.4 Å². The molecule has 2 heterocycles. The molecule has 8 nitrogen and oxygen atoms in total. The van der Waals surface area contributed by atoms with E-state index in [1.54, 1.807) is 6.07 Å². The van der Waals surface area contributed by atoms with Gasteiger partial charge in [0, 0.05) is 18.4 Å². The summed E-state index contributed by atoms with van der Waals surface area (Å²) in [5.41, 5.74) is 2.13. The van der Waals surface area contributed by atoms with Crippen LogP contribution in [0.1, 0.15) is 19.2 Å². The molecule has 29 heavy (non-hydrogen) atoms. The van der Waals surface area contributed by atoms with Crippen molar-refractivity contribution in [1.82, 2.24) is 10.1 Å². The van der Waals surface area contributed by atoms with E-state index in [0.717, 1.165) is 11.3 Å². The molecule has 0 atom stereocenters. The van der Waals surface area contributed by atoms with Crippen LogP contribution in [0.5, 0.6) is 5.75 Å². The number of benzene rings is 2. The van der Waals surface area contributed by atoms with Gasteiger partial charge in [-0.1, -0.05) is 17.3 Å². The van der Waals surface area contributed by atoms with Crippen molar-refractivity contribution in [2.24, 2.45) is 0 Å². The molecule has 0 unspecified atom stereocenters. The van der Waals surface area contributed by atoms with Gasteiger partial charge >= 0.3 is 0 Å². The topological polar surface area (TPSA) is 97.6 Å². The molecule has 1 N–H and O–H groups in total. The van der Waals surface area contributed by atoms with Crippen molar-refractivity contribution in [3.63, 3.8) is 0 Å². The number of ether oxygens (including phenoxy) is 1. The van der Waals surface area contributed by atoms with Gasteiger partial charge in [-0.15, -0.1) is 0 Å². The highest BCUT2D eigenvalue weighted by Crippen LogP contribution is 2.29. The average Bonchev–Trinajstić information content (AvgIpc) is 3.21. The zero-order valence-electron chi connectivity index (χ0n) is 15.9. The number of nitrogens with zero attached hydrogens (tertiary/aromatic N) is 3. The van der Waals surface area contributed by atoms with E-state index >= 15 is 0 Å². The van der Waals surface area contributed by atoms with Crippen LogP contribution in [0.3, 0.4) is 0 Å². The van der Waals surface area contributed by atoms with Crippen LogP contribution in [0.15, 0.2) is 53.1 Å². The first-order valence-electron chi connectivity index (χ1n) is 9.39. The van der Waals surface area contributed by atoms with Crippen molar-refractivity contribution in [3.05, 3.63) is 54.4 Å². The minimum absolute atomic E-state index is 0.00287. The molecule has 1 aliphatic rings. The largest absolute Gasteiger partial charge is 0.494 e. The van der Waals surface area contributed by atoms with Crippen molar-refractivity contribution in [1.29, 1.82) is 0 Å². The Labute approximate surface area is 167 Å². The summed E-state index contributed by atoms with van der Waals surface area (Å²) in [6.07, 6.45) is 0.454. The third kappa shape index (κ3) is 4.11. The predicted octanol–water partition coefficient (Wildman–Crippen LogP) is 3.05. The zero-order valence-corrected chi connectivity index (χ0v) is 15.9. The van der Waals surface area contributed by atoms with Crippen molar-refractivity contribution in [2.75, 3.05) is 23.4 Å². The van der Waals surface area contributed by atoms with Crippen LogP contribution in [-0.2, 0) is 16.0 Å². The molecule has 0 saturated heterocycles. The second-order valence-electron chi connectivity index (χ2n) is 6.51. The van der Waals surface area contributed by atoms with Gasteiger partial charge in [0.1, 0.15) is 12.3 Å². The normalized spacial score (nSPS) is 13.0. The molecule has 1 aliphatic heterocycles. The molecule has 2 amide bonds. The fourth-order valence-corrected chi connectivity index (χ4v) is 3.15. The van der Waals surface area contributed by atoms with Gasteiger partial charge in [-0.2, -0.15) is 4.98 Å². The molecular weight excluding hydrogens is 372 g/mol. The summed E-state index contributed by atoms with van der Waals surface area (Å²) >= 11 is 0. The Morgan fingerprint density at radius 1 is 1.21 bits per heavy atom. The maximum atomic E-state index is 12.7. The summed E-state index contributed by atoms with van der Waals surface area (Å²) in [5, 5.41) is 6.75. The lowest BCUT2D eigenvalue weighted by Crippen LogP contribution is -2.42. The molecule has 8 heteroatoms. The number of aromatic nitrogens is 2. The Hall–Kier alpha value is -3.68. The summed E-state index contributed by atoms with van der Waals surface area (Å²) in [6.45, 7) is 2.52. The molecule has 0 bridgehead atoms. The molecule has 148 valence electrons. The van der Waals surface area contributed by atoms with E-state index in [-0.39, 0.29) is 24.8 Å². The Morgan fingerprint density at radius 2 is 2.00 bits per heavy atom. The lowest BCUT2D eigenvalue weighted by Gasteiger charge is -2.29. The molecule has 0 aliphatic carbocycles. The summed E-state index contributed by atoms with van der Waals surface area (Å²) in [6, 6.07) is 14.6. The van der Waals surface area contributed by atoms with E-state index < -0.39 is 0 Å². The van der Waals surface area contributed by atoms with Crippen LogP contribution in [0, 0.1) is 0 Å². The fraction of sp³-hybridized carbons (Fsp3) is 0.238. The minimum Gasteiger partial charge on any atom is -0.494 e. The zero-order chi connectivity index (χ0) is 20.2. The first-order chi connectivity index (χ1) is 14.1. The summed E-state index contributed by atoms with van der Waals surface area (Å²) in [5.74, 6) is 1.22. The smallest absolute Gasteiger partial charge is 0.244 e. The Kier molecular flexibility index (Phi) is 5.24. The molecule has 1 aromatic heterocycles. The third-order valence-corrected chi connectivity index (χ3v) is 4.52. The minimum atomic E-state index is -0.215. The van der Waals surface area contributed by atoms with E-state index in [1.165, 1.54) is 4.90 Å². The van der Waals surface area contributed by atoms with Crippen molar-refractivity contribution < 1.29 is 18.8 Å². The monoisotopic (exact) mass is 392 g/mol. The Balaban J connectivity index is 1.41. The fourth-order valence-electron chi connectivity index (χ4n) is 3.15. The van der Waals surface area contributed by atoms with E-state index in [2.05, 4.69) is 15.5 Å². The Bertz CT molecular complexity index is 1030. The number of aryl methyl sites for hydroxylation is 1. The van der Waals surface area contributed by atoms with Crippen molar-refractivity contribution >= 4 is 23.2 Å². The van der Waals surface area contributed by atoms with Crippen LogP contribution in [-0.4, -0.2) is 35.1 Å². The summed E-state index contributed by atoms with van der Waals surface area (Å²) < 4.78 is 10.7. The Morgan fingerprint density at radius 3 is 2.79 bits per heavy atom. The van der Waals surface area contributed by atoms with Crippen LogP contribution >= 0.6 is 0 Å². The van der Waals surface area contributed by atoms with E-state index in [0.29, 0.717) is 36.1 Å². The van der Waals surface area contributed by atoms with Gasteiger partial charge in [-0.05, 0) is 43.3 Å². The van der Waals surface area contributed by atoms with Crippen LogP contribution < -0.4 is 15.0 Å². The number of fused-ring (bicyclic) bond motifs is 1. The number of amides is 2. The van der Waals surface area contributed by atoms with E-state index in [1.807, 2.05) is 49.4 Å². The molecule has 4 rings (SSSR count). The van der Waals surface area contributed by atoms with Gasteiger partial charge in [0.15, 0.2) is 0 Å². The highest BCUT2D eigenvalue weighted by Gasteiger charge is 2.26.